The predicted molar refractivity (Wildman–Crippen MR) is 121 cm³/mol. The normalized spacial score (nSPS) is 34.4. The fourth-order valence-corrected chi connectivity index (χ4v) is 16.5. The van der Waals surface area contributed by atoms with Crippen molar-refractivity contribution in [1.82, 2.24) is 0 Å². The Morgan fingerprint density at radius 1 is 0.618 bits per heavy atom. The topological polar surface area (TPSA) is 107 Å². The van der Waals surface area contributed by atoms with Crippen molar-refractivity contribution in [2.24, 2.45) is 0 Å². The van der Waals surface area contributed by atoms with Crippen LogP contribution in [-0.4, -0.2) is 18.3 Å². The van der Waals surface area contributed by atoms with Gasteiger partial charge in [-0.25, -0.2) is 8.22 Å². The standard InChI is InChI=1S/C18H15F2O9P3Si2/c19-33(24-30(21,25-33)16-10-4-1-5-11-16)28-32(23,18-14-8-3-9-15-18)29-34(20)26-31(22,27-34)17-12-6-2-7-13-17/h1-15H. The van der Waals surface area contributed by atoms with Crippen molar-refractivity contribution in [2.75, 3.05) is 0 Å². The number of halogens is 2. The molecular formula is C18H15F2O9P3Si2. The van der Waals surface area contributed by atoms with E-state index in [4.69, 9.17) is 25.3 Å². The van der Waals surface area contributed by atoms with E-state index in [1.54, 1.807) is 18.2 Å². The van der Waals surface area contributed by atoms with Crippen LogP contribution in [0.15, 0.2) is 91.0 Å². The monoisotopic (exact) mass is 562 g/mol. The Kier molecular flexibility index (Phi) is 6.04. The van der Waals surface area contributed by atoms with Gasteiger partial charge in [-0.15, -0.1) is 0 Å². The zero-order valence-electron chi connectivity index (χ0n) is 16.9. The van der Waals surface area contributed by atoms with Crippen LogP contribution in [0.5, 0.6) is 0 Å². The molecule has 0 aromatic heterocycles. The van der Waals surface area contributed by atoms with E-state index in [0.29, 0.717) is 0 Å². The molecule has 0 spiro atoms. The van der Waals surface area contributed by atoms with Crippen molar-refractivity contribution in [3.05, 3.63) is 91.0 Å². The van der Waals surface area contributed by atoms with Crippen LogP contribution in [0.25, 0.3) is 0 Å². The molecule has 16 heteroatoms. The van der Waals surface area contributed by atoms with E-state index >= 15 is 8.22 Å². The molecule has 5 rings (SSSR count). The fraction of sp³-hybridized carbons (Fsp3) is 0. The van der Waals surface area contributed by atoms with E-state index in [9.17, 15) is 13.7 Å². The molecular weight excluding hydrogens is 547 g/mol. The minimum absolute atomic E-state index is 0.0561. The molecule has 0 radical (unpaired) electrons. The molecule has 0 unspecified atom stereocenters. The van der Waals surface area contributed by atoms with Gasteiger partial charge in [0.15, 0.2) is 0 Å². The summed E-state index contributed by atoms with van der Waals surface area (Å²) in [4.78, 5) is 0. The summed E-state index contributed by atoms with van der Waals surface area (Å²) in [6, 6.07) is 21.8. The van der Waals surface area contributed by atoms with E-state index in [2.05, 4.69) is 0 Å². The largest absolute Gasteiger partial charge is 0.741 e. The third-order valence-corrected chi connectivity index (χ3v) is 18.4. The van der Waals surface area contributed by atoms with Crippen molar-refractivity contribution in [2.45, 2.75) is 0 Å². The highest BCUT2D eigenvalue weighted by atomic mass is 31.2. The Morgan fingerprint density at radius 3 is 1.29 bits per heavy atom. The molecule has 2 aliphatic heterocycles. The maximum atomic E-state index is 15.2. The van der Waals surface area contributed by atoms with Gasteiger partial charge >= 0.3 is 41.1 Å². The van der Waals surface area contributed by atoms with Gasteiger partial charge in [0.25, 0.3) is 0 Å². The predicted octanol–water partition coefficient (Wildman–Crippen LogP) is 4.48. The summed E-state index contributed by atoms with van der Waals surface area (Å²) >= 11 is 0. The second kappa shape index (κ2) is 8.51. The van der Waals surface area contributed by atoms with Crippen molar-refractivity contribution in [1.29, 1.82) is 0 Å². The lowest BCUT2D eigenvalue weighted by Gasteiger charge is -2.40. The highest BCUT2D eigenvalue weighted by Gasteiger charge is 2.73. The average Bonchev–Trinajstić information content (AvgIpc) is 2.78. The van der Waals surface area contributed by atoms with Crippen LogP contribution in [0.4, 0.5) is 8.22 Å². The summed E-state index contributed by atoms with van der Waals surface area (Å²) in [6.07, 6.45) is 0. The minimum atomic E-state index is -5.30. The van der Waals surface area contributed by atoms with Gasteiger partial charge in [0, 0.05) is 0 Å². The molecule has 0 atom stereocenters. The molecule has 178 valence electrons. The molecule has 0 aliphatic carbocycles. The zero-order chi connectivity index (χ0) is 24.1. The molecule has 2 fully saturated rings. The van der Waals surface area contributed by atoms with Crippen LogP contribution in [0, 0.1) is 0 Å². The lowest BCUT2D eigenvalue weighted by molar-refractivity contribution is 0.0980. The lowest BCUT2D eigenvalue weighted by atomic mass is 10.4. The van der Waals surface area contributed by atoms with Gasteiger partial charge in [-0.3, -0.25) is 39.0 Å². The summed E-state index contributed by atoms with van der Waals surface area (Å²) in [6.45, 7) is 0. The van der Waals surface area contributed by atoms with Gasteiger partial charge in [-0.05, 0) is 36.4 Å². The molecule has 2 heterocycles. The second-order valence-corrected chi connectivity index (χ2v) is 17.9. The Morgan fingerprint density at radius 2 is 0.941 bits per heavy atom. The third kappa shape index (κ3) is 4.50. The first kappa shape index (κ1) is 24.1. The van der Waals surface area contributed by atoms with E-state index in [1.165, 1.54) is 72.8 Å². The zero-order valence-corrected chi connectivity index (χ0v) is 21.6. The molecule has 0 N–H and O–H groups in total. The summed E-state index contributed by atoms with van der Waals surface area (Å²) in [5.74, 6) is 0. The van der Waals surface area contributed by atoms with E-state index in [-0.39, 0.29) is 15.9 Å². The molecule has 9 nitrogen and oxygen atoms in total. The molecule has 0 bridgehead atoms. The fourth-order valence-electron chi connectivity index (χ4n) is 3.11. The van der Waals surface area contributed by atoms with Crippen LogP contribution in [0.2, 0.25) is 0 Å². The van der Waals surface area contributed by atoms with Gasteiger partial charge < -0.3 is 0 Å². The molecule has 3 aromatic rings. The van der Waals surface area contributed by atoms with Crippen molar-refractivity contribution < 1.29 is 47.2 Å². The summed E-state index contributed by atoms with van der Waals surface area (Å²) in [5.41, 5.74) is 0. The first-order chi connectivity index (χ1) is 16.1. The Bertz CT molecular complexity index is 1250. The minimum Gasteiger partial charge on any atom is -0.271 e. The van der Waals surface area contributed by atoms with Crippen molar-refractivity contribution in [3.8, 4) is 0 Å². The number of hydrogen-bond donors (Lipinski definition) is 0. The third-order valence-electron chi connectivity index (χ3n) is 4.59. The van der Waals surface area contributed by atoms with Crippen LogP contribution >= 0.6 is 22.8 Å². The summed E-state index contributed by atoms with van der Waals surface area (Å²) in [5, 5.41) is -0.160. The van der Waals surface area contributed by atoms with Crippen LogP contribution in [0.1, 0.15) is 0 Å². The second-order valence-electron chi connectivity index (χ2n) is 7.01. The van der Waals surface area contributed by atoms with Crippen LogP contribution in [-0.2, 0) is 39.0 Å². The van der Waals surface area contributed by atoms with Gasteiger partial charge in [0.1, 0.15) is 0 Å². The van der Waals surface area contributed by atoms with Crippen molar-refractivity contribution >= 4 is 57.0 Å². The smallest absolute Gasteiger partial charge is 0.271 e. The maximum Gasteiger partial charge on any atom is 0.741 e. The molecule has 3 aromatic carbocycles. The quantitative estimate of drug-likeness (QED) is 0.234. The first-order valence-corrected chi connectivity index (χ1v) is 17.5. The van der Waals surface area contributed by atoms with Gasteiger partial charge in [0.05, 0.1) is 15.9 Å². The Balaban J connectivity index is 1.38. The SMILES string of the molecule is O=P1(c2ccccc2)O[Si](F)(OP(=O)(O[Si]2(F)OP(=O)(c3ccccc3)O2)c2ccccc2)O1. The van der Waals surface area contributed by atoms with Gasteiger partial charge in [-0.2, -0.15) is 0 Å². The number of hydrogen-bond acceptors (Lipinski definition) is 9. The maximum absolute atomic E-state index is 15.2. The lowest BCUT2D eigenvalue weighted by Crippen LogP contribution is -2.53. The van der Waals surface area contributed by atoms with Crippen LogP contribution < -0.4 is 15.9 Å². The highest BCUT2D eigenvalue weighted by molar-refractivity contribution is 7.71. The van der Waals surface area contributed by atoms with Crippen LogP contribution in [0.3, 0.4) is 0 Å². The molecule has 0 saturated carbocycles. The molecule has 0 amide bonds. The van der Waals surface area contributed by atoms with E-state index in [0.717, 1.165) is 0 Å². The van der Waals surface area contributed by atoms with Gasteiger partial charge in [0.2, 0.25) is 0 Å². The Labute approximate surface area is 195 Å². The summed E-state index contributed by atoms with van der Waals surface area (Å²) in [7, 11) is -23.6. The van der Waals surface area contributed by atoms with Gasteiger partial charge in [-0.1, -0.05) is 54.6 Å². The first-order valence-electron chi connectivity index (χ1n) is 9.65. The average molecular weight is 562 g/mol. The van der Waals surface area contributed by atoms with Crippen molar-refractivity contribution in [3.63, 3.8) is 0 Å². The highest BCUT2D eigenvalue weighted by Crippen LogP contribution is 2.69. The summed E-state index contributed by atoms with van der Waals surface area (Å²) < 4.78 is 98.7. The van der Waals surface area contributed by atoms with E-state index < -0.39 is 41.1 Å². The molecule has 34 heavy (non-hydrogen) atoms. The molecule has 2 aliphatic rings. The molecule has 2 saturated heterocycles. The number of rotatable bonds is 7. The number of benzene rings is 3. The van der Waals surface area contributed by atoms with E-state index in [1.807, 2.05) is 0 Å². The Hall–Kier alpha value is -1.60.